The quantitative estimate of drug-likeness (QED) is 0.342. The molecule has 0 fully saturated rings. The van der Waals surface area contributed by atoms with E-state index in [2.05, 4.69) is 10.3 Å². The minimum Gasteiger partial charge on any atom is -0.496 e. The van der Waals surface area contributed by atoms with E-state index in [-0.39, 0.29) is 11.3 Å². The Morgan fingerprint density at radius 1 is 1.00 bits per heavy atom. The minimum absolute atomic E-state index is 0.139. The summed E-state index contributed by atoms with van der Waals surface area (Å²) in [5, 5.41) is 3.67. The molecule has 180 valence electrons. The highest BCUT2D eigenvalue weighted by Gasteiger charge is 2.16. The number of primary amides is 1. The average Bonchev–Trinajstić information content (AvgIpc) is 3.28. The van der Waals surface area contributed by atoms with Crippen LogP contribution in [-0.4, -0.2) is 28.6 Å². The number of halogens is 2. The number of fused-ring (bicyclic) bond motifs is 2. The number of carbonyl (C=O) groups is 2. The van der Waals surface area contributed by atoms with Crippen LogP contribution in [0.5, 0.6) is 17.2 Å². The standard InChI is InChI=1S/C26H18F2N4O4/c1-35-24-13-21-17(12-18(24)25(29)33)23(6-8-30-21)36-16-3-5-22-14(10-16)7-9-32(22)26(34)31-20-4-2-15(27)11-19(20)28/h2-13H,1H3,(H2,29,33)(H,31,34). The molecule has 5 aromatic rings. The van der Waals surface area contributed by atoms with Crippen LogP contribution in [0.4, 0.5) is 19.3 Å². The Bertz CT molecular complexity index is 1670. The van der Waals surface area contributed by atoms with Crippen LogP contribution >= 0.6 is 0 Å². The molecule has 0 saturated heterocycles. The van der Waals surface area contributed by atoms with Gasteiger partial charge >= 0.3 is 6.03 Å². The molecular weight excluding hydrogens is 470 g/mol. The van der Waals surface area contributed by atoms with Crippen molar-refractivity contribution in [1.82, 2.24) is 9.55 Å². The van der Waals surface area contributed by atoms with Crippen molar-refractivity contribution in [1.29, 1.82) is 0 Å². The fourth-order valence-corrected chi connectivity index (χ4v) is 3.85. The van der Waals surface area contributed by atoms with Gasteiger partial charge in [0.25, 0.3) is 5.91 Å². The Labute approximate surface area is 202 Å². The van der Waals surface area contributed by atoms with Gasteiger partial charge in [0.15, 0.2) is 0 Å². The zero-order valence-electron chi connectivity index (χ0n) is 18.8. The van der Waals surface area contributed by atoms with Gasteiger partial charge in [-0.05, 0) is 48.5 Å². The van der Waals surface area contributed by atoms with Gasteiger partial charge in [-0.1, -0.05) is 0 Å². The minimum atomic E-state index is -0.878. The molecule has 10 heteroatoms. The molecule has 0 spiro atoms. The maximum Gasteiger partial charge on any atom is 0.330 e. The highest BCUT2D eigenvalue weighted by Crippen LogP contribution is 2.34. The number of hydrogen-bond acceptors (Lipinski definition) is 5. The van der Waals surface area contributed by atoms with E-state index in [0.717, 1.165) is 12.1 Å². The third kappa shape index (κ3) is 4.16. The maximum absolute atomic E-state index is 13.9. The molecular formula is C26H18F2N4O4. The molecule has 0 atom stereocenters. The topological polar surface area (TPSA) is 108 Å². The van der Waals surface area contributed by atoms with Crippen molar-refractivity contribution in [2.45, 2.75) is 0 Å². The SMILES string of the molecule is COc1cc2nccc(Oc3ccc4c(ccn4C(=O)Nc4ccc(F)cc4F)c3)c2cc1C(N)=O. The lowest BCUT2D eigenvalue weighted by Crippen LogP contribution is -2.19. The molecule has 0 radical (unpaired) electrons. The first-order chi connectivity index (χ1) is 17.3. The Hall–Kier alpha value is -4.99. The third-order valence-corrected chi connectivity index (χ3v) is 5.57. The lowest BCUT2D eigenvalue weighted by atomic mass is 10.1. The van der Waals surface area contributed by atoms with Crippen molar-refractivity contribution < 1.29 is 27.8 Å². The van der Waals surface area contributed by atoms with Crippen molar-refractivity contribution in [3.05, 3.63) is 90.3 Å². The van der Waals surface area contributed by atoms with E-state index in [0.29, 0.717) is 45.1 Å². The number of pyridine rings is 1. The van der Waals surface area contributed by atoms with Crippen molar-refractivity contribution >= 4 is 39.4 Å². The first-order valence-electron chi connectivity index (χ1n) is 10.7. The van der Waals surface area contributed by atoms with Gasteiger partial charge in [-0.2, -0.15) is 0 Å². The maximum atomic E-state index is 13.9. The van der Waals surface area contributed by atoms with Crippen molar-refractivity contribution in [2.75, 3.05) is 12.4 Å². The zero-order chi connectivity index (χ0) is 25.4. The number of benzene rings is 3. The Morgan fingerprint density at radius 2 is 1.83 bits per heavy atom. The molecule has 36 heavy (non-hydrogen) atoms. The molecule has 8 nitrogen and oxygen atoms in total. The van der Waals surface area contributed by atoms with Gasteiger partial charge in [-0.3, -0.25) is 14.3 Å². The van der Waals surface area contributed by atoms with E-state index in [1.807, 2.05) is 0 Å². The Kier molecular flexibility index (Phi) is 5.69. The molecule has 2 aromatic heterocycles. The predicted molar refractivity (Wildman–Crippen MR) is 130 cm³/mol. The number of methoxy groups -OCH3 is 1. The number of hydrogen-bond donors (Lipinski definition) is 2. The normalized spacial score (nSPS) is 11.0. The van der Waals surface area contributed by atoms with Crippen LogP contribution in [0.15, 0.2) is 73.1 Å². The molecule has 0 saturated carbocycles. The summed E-state index contributed by atoms with van der Waals surface area (Å²) < 4.78 is 39.7. The van der Waals surface area contributed by atoms with Crippen LogP contribution in [0.3, 0.4) is 0 Å². The molecule has 2 heterocycles. The number of anilines is 1. The second-order valence-electron chi connectivity index (χ2n) is 7.81. The fraction of sp³-hybridized carbons (Fsp3) is 0.0385. The largest absolute Gasteiger partial charge is 0.496 e. The summed E-state index contributed by atoms with van der Waals surface area (Å²) in [5.74, 6) is -1.05. The van der Waals surface area contributed by atoms with E-state index in [4.69, 9.17) is 15.2 Å². The molecule has 3 N–H and O–H groups in total. The van der Waals surface area contributed by atoms with Gasteiger partial charge in [0, 0.05) is 35.3 Å². The van der Waals surface area contributed by atoms with Crippen LogP contribution in [-0.2, 0) is 0 Å². The second-order valence-corrected chi connectivity index (χ2v) is 7.81. The lowest BCUT2D eigenvalue weighted by molar-refractivity contribution is 0.0997. The number of rotatable bonds is 5. The molecule has 0 bridgehead atoms. The van der Waals surface area contributed by atoms with Crippen LogP contribution < -0.4 is 20.5 Å². The molecule has 0 aliphatic rings. The molecule has 5 rings (SSSR count). The van der Waals surface area contributed by atoms with Crippen LogP contribution in [0.2, 0.25) is 0 Å². The summed E-state index contributed by atoms with van der Waals surface area (Å²) in [6, 6.07) is 13.9. The monoisotopic (exact) mass is 488 g/mol. The van der Waals surface area contributed by atoms with Crippen LogP contribution in [0.1, 0.15) is 10.4 Å². The predicted octanol–water partition coefficient (Wildman–Crippen LogP) is 5.45. The third-order valence-electron chi connectivity index (χ3n) is 5.57. The Morgan fingerprint density at radius 3 is 2.58 bits per heavy atom. The van der Waals surface area contributed by atoms with Crippen molar-refractivity contribution in [3.63, 3.8) is 0 Å². The van der Waals surface area contributed by atoms with Gasteiger partial charge < -0.3 is 20.5 Å². The average molecular weight is 488 g/mol. The lowest BCUT2D eigenvalue weighted by Gasteiger charge is -2.12. The molecule has 3 aromatic carbocycles. The summed E-state index contributed by atoms with van der Waals surface area (Å²) in [5.41, 5.74) is 6.63. The van der Waals surface area contributed by atoms with Gasteiger partial charge in [0.05, 0.1) is 29.4 Å². The molecule has 0 aliphatic heterocycles. The van der Waals surface area contributed by atoms with E-state index >= 15 is 0 Å². The number of amides is 2. The smallest absolute Gasteiger partial charge is 0.330 e. The number of nitrogens with zero attached hydrogens (tertiary/aromatic N) is 2. The van der Waals surface area contributed by atoms with Crippen molar-refractivity contribution in [3.8, 4) is 17.2 Å². The van der Waals surface area contributed by atoms with Gasteiger partial charge in [-0.15, -0.1) is 0 Å². The van der Waals surface area contributed by atoms with Gasteiger partial charge in [0.1, 0.15) is 28.9 Å². The summed E-state index contributed by atoms with van der Waals surface area (Å²) in [7, 11) is 1.44. The summed E-state index contributed by atoms with van der Waals surface area (Å²) in [6.45, 7) is 0. The number of nitrogens with one attached hydrogen (secondary N) is 1. The van der Waals surface area contributed by atoms with Crippen molar-refractivity contribution in [2.24, 2.45) is 5.73 Å². The number of nitrogens with two attached hydrogens (primary N) is 1. The van der Waals surface area contributed by atoms with Gasteiger partial charge in [-0.25, -0.2) is 13.6 Å². The summed E-state index contributed by atoms with van der Waals surface area (Å²) >= 11 is 0. The molecule has 0 aliphatic carbocycles. The number of ether oxygens (including phenoxy) is 2. The summed E-state index contributed by atoms with van der Waals surface area (Å²) in [4.78, 5) is 28.9. The Balaban J connectivity index is 1.45. The molecule has 2 amide bonds. The van der Waals surface area contributed by atoms with E-state index in [1.165, 1.54) is 17.9 Å². The van der Waals surface area contributed by atoms with E-state index in [1.54, 1.807) is 48.7 Å². The highest BCUT2D eigenvalue weighted by atomic mass is 19.1. The van der Waals surface area contributed by atoms with E-state index < -0.39 is 23.6 Å². The van der Waals surface area contributed by atoms with Crippen LogP contribution in [0, 0.1) is 11.6 Å². The summed E-state index contributed by atoms with van der Waals surface area (Å²) in [6.07, 6.45) is 3.09. The fourth-order valence-electron chi connectivity index (χ4n) is 3.85. The zero-order valence-corrected chi connectivity index (χ0v) is 18.8. The number of aromatic nitrogens is 2. The van der Waals surface area contributed by atoms with Gasteiger partial charge in [0.2, 0.25) is 0 Å². The van der Waals surface area contributed by atoms with E-state index in [9.17, 15) is 18.4 Å². The van der Waals surface area contributed by atoms with Crippen LogP contribution in [0.25, 0.3) is 21.8 Å². The highest BCUT2D eigenvalue weighted by molar-refractivity contribution is 6.01. The molecule has 0 unspecified atom stereocenters. The first kappa shape index (κ1) is 22.8. The number of carbonyl (C=O) groups excluding carboxylic acids is 2. The second kappa shape index (κ2) is 8.99. The first-order valence-corrected chi connectivity index (χ1v) is 10.7.